The molecule has 11 nitrogen and oxygen atoms in total. The lowest BCUT2D eigenvalue weighted by atomic mass is 9.99. The molecule has 1 saturated carbocycles. The zero-order valence-electron chi connectivity index (χ0n) is 22.8. The number of anilines is 1. The summed E-state index contributed by atoms with van der Waals surface area (Å²) in [7, 11) is 1.53. The Kier molecular flexibility index (Phi) is 9.05. The van der Waals surface area contributed by atoms with Crippen molar-refractivity contribution in [1.82, 2.24) is 10.2 Å². The number of methoxy groups -OCH3 is 1. The summed E-state index contributed by atoms with van der Waals surface area (Å²) in [5.74, 6) is -1.32. The number of ether oxygens (including phenoxy) is 2. The molecule has 39 heavy (non-hydrogen) atoms. The van der Waals surface area contributed by atoms with E-state index >= 15 is 0 Å². The van der Waals surface area contributed by atoms with Crippen LogP contribution < -0.4 is 21.1 Å². The Bertz CT molecular complexity index is 1220. The molecule has 1 aliphatic carbocycles. The van der Waals surface area contributed by atoms with Gasteiger partial charge in [0.1, 0.15) is 29.2 Å². The van der Waals surface area contributed by atoms with Crippen molar-refractivity contribution in [2.24, 2.45) is 5.73 Å². The van der Waals surface area contributed by atoms with Gasteiger partial charge < -0.3 is 35.8 Å². The molecule has 1 fully saturated rings. The number of phenols is 1. The summed E-state index contributed by atoms with van der Waals surface area (Å²) in [5, 5.41) is 15.4. The van der Waals surface area contributed by atoms with Gasteiger partial charge in [-0.25, -0.2) is 4.79 Å². The molecule has 0 bridgehead atoms. The lowest BCUT2D eigenvalue weighted by Crippen LogP contribution is -2.54. The summed E-state index contributed by atoms with van der Waals surface area (Å²) in [6, 6.07) is 8.54. The standard InChI is InChI=1S/C28H36N4O7/c1-16-14-17(6-13-22(16)33)24(25(35)30-18-7-11-20(38-5)12-8-18)32(19-9-10-19)26(36)21(15-23(29)34)31-27(37)39-28(2,3)4/h6-8,11-14,19,21,24,33H,9-10,15H2,1-5H3,(H2,29,34)(H,30,35)(H,31,37). The maximum Gasteiger partial charge on any atom is 0.408 e. The van der Waals surface area contributed by atoms with Crippen LogP contribution in [0.4, 0.5) is 10.5 Å². The van der Waals surface area contributed by atoms with Gasteiger partial charge in [-0.15, -0.1) is 0 Å². The number of nitrogens with zero attached hydrogens (tertiary/aromatic N) is 1. The molecule has 0 heterocycles. The van der Waals surface area contributed by atoms with Crippen LogP contribution in [0.1, 0.15) is 57.2 Å². The van der Waals surface area contributed by atoms with E-state index in [1.807, 2.05) is 0 Å². The molecular weight excluding hydrogens is 504 g/mol. The highest BCUT2D eigenvalue weighted by Crippen LogP contribution is 2.37. The van der Waals surface area contributed by atoms with Crippen LogP contribution in [-0.4, -0.2) is 58.6 Å². The summed E-state index contributed by atoms with van der Waals surface area (Å²) in [6.45, 7) is 6.68. The summed E-state index contributed by atoms with van der Waals surface area (Å²) in [6.07, 6.45) is -0.115. The minimum atomic E-state index is -1.35. The SMILES string of the molecule is COc1ccc(NC(=O)C(c2ccc(O)c(C)c2)N(C(=O)C(CC(N)=O)NC(=O)OC(C)(C)C)C2CC2)cc1. The third-order valence-electron chi connectivity index (χ3n) is 6.01. The second kappa shape index (κ2) is 12.1. The lowest BCUT2D eigenvalue weighted by Gasteiger charge is -2.34. The van der Waals surface area contributed by atoms with Crippen molar-refractivity contribution in [3.63, 3.8) is 0 Å². The van der Waals surface area contributed by atoms with E-state index in [1.165, 1.54) is 18.1 Å². The van der Waals surface area contributed by atoms with Gasteiger partial charge in [0.05, 0.1) is 13.5 Å². The van der Waals surface area contributed by atoms with Gasteiger partial charge in [-0.1, -0.05) is 6.07 Å². The number of primary amides is 1. The van der Waals surface area contributed by atoms with Crippen molar-refractivity contribution < 1.29 is 33.8 Å². The summed E-state index contributed by atoms with van der Waals surface area (Å²) in [4.78, 5) is 53.6. The van der Waals surface area contributed by atoms with Gasteiger partial charge in [-0.05, 0) is 88.1 Å². The van der Waals surface area contributed by atoms with Gasteiger partial charge in [0.2, 0.25) is 11.8 Å². The summed E-state index contributed by atoms with van der Waals surface area (Å²) in [5.41, 5.74) is 6.01. The third-order valence-corrected chi connectivity index (χ3v) is 6.01. The van der Waals surface area contributed by atoms with Crippen molar-refractivity contribution in [3.05, 3.63) is 53.6 Å². The van der Waals surface area contributed by atoms with Crippen LogP contribution in [0, 0.1) is 6.92 Å². The number of rotatable bonds is 10. The van der Waals surface area contributed by atoms with Gasteiger partial charge in [0, 0.05) is 11.7 Å². The molecule has 0 aliphatic heterocycles. The second-order valence-electron chi connectivity index (χ2n) is 10.5. The van der Waals surface area contributed by atoms with E-state index in [1.54, 1.807) is 64.1 Å². The Morgan fingerprint density at radius 2 is 1.74 bits per heavy atom. The maximum atomic E-state index is 14.0. The Hall–Kier alpha value is -4.28. The first kappa shape index (κ1) is 29.3. The Morgan fingerprint density at radius 1 is 1.10 bits per heavy atom. The van der Waals surface area contributed by atoms with Crippen molar-refractivity contribution in [2.45, 2.75) is 70.7 Å². The van der Waals surface area contributed by atoms with Gasteiger partial charge >= 0.3 is 6.09 Å². The van der Waals surface area contributed by atoms with E-state index < -0.39 is 47.9 Å². The Morgan fingerprint density at radius 3 is 2.26 bits per heavy atom. The number of benzene rings is 2. The number of alkyl carbamates (subject to hydrolysis) is 1. The zero-order chi connectivity index (χ0) is 28.9. The summed E-state index contributed by atoms with van der Waals surface area (Å²) >= 11 is 0. The van der Waals surface area contributed by atoms with Crippen LogP contribution in [0.3, 0.4) is 0 Å². The second-order valence-corrected chi connectivity index (χ2v) is 10.5. The molecule has 2 atom stereocenters. The molecule has 1 aliphatic rings. The van der Waals surface area contributed by atoms with Gasteiger partial charge in [-0.2, -0.15) is 0 Å². The topological polar surface area (TPSA) is 160 Å². The first-order chi connectivity index (χ1) is 18.3. The molecule has 0 aromatic heterocycles. The highest BCUT2D eigenvalue weighted by molar-refractivity contribution is 6.00. The number of carbonyl (C=O) groups excluding carboxylic acids is 4. The van der Waals surface area contributed by atoms with E-state index in [4.69, 9.17) is 15.2 Å². The van der Waals surface area contributed by atoms with E-state index in [-0.39, 0.29) is 11.8 Å². The van der Waals surface area contributed by atoms with Crippen LogP contribution in [0.5, 0.6) is 11.5 Å². The minimum Gasteiger partial charge on any atom is -0.508 e. The highest BCUT2D eigenvalue weighted by Gasteiger charge is 2.44. The van der Waals surface area contributed by atoms with Gasteiger partial charge in [0.25, 0.3) is 5.91 Å². The van der Waals surface area contributed by atoms with Crippen LogP contribution in [0.25, 0.3) is 0 Å². The maximum absolute atomic E-state index is 14.0. The smallest absolute Gasteiger partial charge is 0.408 e. The quantitative estimate of drug-likeness (QED) is 0.360. The number of amides is 4. The highest BCUT2D eigenvalue weighted by atomic mass is 16.6. The summed E-state index contributed by atoms with van der Waals surface area (Å²) < 4.78 is 10.5. The number of aromatic hydroxyl groups is 1. The van der Waals surface area contributed by atoms with Crippen molar-refractivity contribution in [3.8, 4) is 11.5 Å². The minimum absolute atomic E-state index is 0.0376. The van der Waals surface area contributed by atoms with E-state index in [0.717, 1.165) is 0 Å². The Labute approximate surface area is 227 Å². The number of hydrogen-bond acceptors (Lipinski definition) is 7. The fourth-order valence-corrected chi connectivity index (χ4v) is 4.07. The van der Waals surface area contributed by atoms with Crippen molar-refractivity contribution >= 4 is 29.5 Å². The van der Waals surface area contributed by atoms with Crippen molar-refractivity contribution in [1.29, 1.82) is 0 Å². The number of aryl methyl sites for hydroxylation is 1. The molecule has 0 saturated heterocycles. The molecule has 3 rings (SSSR count). The normalized spacial score (nSPS) is 14.5. The van der Waals surface area contributed by atoms with Crippen LogP contribution in [0.15, 0.2) is 42.5 Å². The average molecular weight is 541 g/mol. The molecule has 2 unspecified atom stereocenters. The largest absolute Gasteiger partial charge is 0.508 e. The molecule has 2 aromatic carbocycles. The number of nitrogens with two attached hydrogens (primary N) is 1. The first-order valence-corrected chi connectivity index (χ1v) is 12.6. The monoisotopic (exact) mass is 540 g/mol. The van der Waals surface area contributed by atoms with Gasteiger partial charge in [0.15, 0.2) is 0 Å². The first-order valence-electron chi connectivity index (χ1n) is 12.6. The molecule has 0 radical (unpaired) electrons. The molecule has 0 spiro atoms. The Balaban J connectivity index is 2.00. The van der Waals surface area contributed by atoms with Crippen molar-refractivity contribution in [2.75, 3.05) is 12.4 Å². The van der Waals surface area contributed by atoms with E-state index in [0.29, 0.717) is 35.4 Å². The van der Waals surface area contributed by atoms with E-state index in [2.05, 4.69) is 10.6 Å². The predicted molar refractivity (Wildman–Crippen MR) is 144 cm³/mol. The van der Waals surface area contributed by atoms with Gasteiger partial charge in [-0.3, -0.25) is 14.4 Å². The lowest BCUT2D eigenvalue weighted by molar-refractivity contribution is -0.142. The van der Waals surface area contributed by atoms with Crippen LogP contribution >= 0.6 is 0 Å². The fraction of sp³-hybridized carbons (Fsp3) is 0.429. The number of nitrogens with one attached hydrogen (secondary N) is 2. The molecular formula is C28H36N4O7. The molecule has 2 aromatic rings. The fourth-order valence-electron chi connectivity index (χ4n) is 4.07. The third kappa shape index (κ3) is 8.10. The molecule has 210 valence electrons. The molecule has 5 N–H and O–H groups in total. The molecule has 11 heteroatoms. The average Bonchev–Trinajstić information content (AvgIpc) is 3.67. The van der Waals surface area contributed by atoms with Crippen LogP contribution in [0.2, 0.25) is 0 Å². The molecule has 4 amide bonds. The number of phenolic OH excluding ortho intramolecular Hbond substituents is 1. The van der Waals surface area contributed by atoms with Crippen LogP contribution in [-0.2, 0) is 19.1 Å². The zero-order valence-corrected chi connectivity index (χ0v) is 22.8. The number of hydrogen-bond donors (Lipinski definition) is 4. The van der Waals surface area contributed by atoms with E-state index in [9.17, 15) is 24.3 Å². The number of carbonyl (C=O) groups is 4. The predicted octanol–water partition coefficient (Wildman–Crippen LogP) is 3.15.